The Bertz CT molecular complexity index is 1220. The number of hydrogen-bond acceptors (Lipinski definition) is 6. The van der Waals surface area contributed by atoms with Crippen molar-refractivity contribution in [1.82, 2.24) is 15.6 Å². The SMILES string of the molecule is O=C(NCc1ncc(C(=O)NC2(C(=O)O)CCC2)s1)OCC1c2ccccc2-c2ccccc21. The van der Waals surface area contributed by atoms with Crippen LogP contribution in [0.2, 0.25) is 0 Å². The summed E-state index contributed by atoms with van der Waals surface area (Å²) in [6.45, 7) is 0.321. The summed E-state index contributed by atoms with van der Waals surface area (Å²) in [5.74, 6) is -1.51. The van der Waals surface area contributed by atoms with Crippen LogP contribution in [0.4, 0.5) is 4.79 Å². The van der Waals surface area contributed by atoms with Crippen LogP contribution in [0.3, 0.4) is 0 Å². The molecule has 34 heavy (non-hydrogen) atoms. The van der Waals surface area contributed by atoms with Gasteiger partial charge in [-0.2, -0.15) is 0 Å². The zero-order valence-corrected chi connectivity index (χ0v) is 19.1. The molecule has 0 unspecified atom stereocenters. The Balaban J connectivity index is 1.15. The molecule has 0 radical (unpaired) electrons. The van der Waals surface area contributed by atoms with Gasteiger partial charge in [-0.15, -0.1) is 11.3 Å². The molecule has 2 aromatic carbocycles. The summed E-state index contributed by atoms with van der Waals surface area (Å²) in [6, 6.07) is 16.2. The van der Waals surface area contributed by atoms with E-state index in [1.807, 2.05) is 24.3 Å². The molecule has 8 nitrogen and oxygen atoms in total. The zero-order valence-electron chi connectivity index (χ0n) is 18.2. The summed E-state index contributed by atoms with van der Waals surface area (Å²) in [6.07, 6.45) is 2.43. The maximum atomic E-state index is 12.4. The van der Waals surface area contributed by atoms with Gasteiger partial charge in [0.2, 0.25) is 0 Å². The number of alkyl carbamates (subject to hydrolysis) is 1. The molecule has 1 saturated carbocycles. The Labute approximate surface area is 200 Å². The van der Waals surface area contributed by atoms with Crippen molar-refractivity contribution < 1.29 is 24.2 Å². The number of aliphatic carboxylic acids is 1. The fourth-order valence-electron chi connectivity index (χ4n) is 4.50. The maximum absolute atomic E-state index is 12.4. The number of benzene rings is 2. The smallest absolute Gasteiger partial charge is 0.407 e. The van der Waals surface area contributed by atoms with Gasteiger partial charge in [-0.05, 0) is 41.5 Å². The summed E-state index contributed by atoms with van der Waals surface area (Å²) < 4.78 is 5.51. The van der Waals surface area contributed by atoms with Crippen LogP contribution >= 0.6 is 11.3 Å². The molecule has 1 aromatic heterocycles. The van der Waals surface area contributed by atoms with Crippen molar-refractivity contribution in [3.05, 3.63) is 75.7 Å². The standard InChI is InChI=1S/C25H23N3O5S/c29-22(28-25(23(30)31)10-5-11-25)20-12-26-21(34-20)13-27-24(32)33-14-19-17-8-3-1-6-15(17)16-7-2-4-9-18(16)19/h1-4,6-9,12,19H,5,10-11,13-14H2,(H,27,32)(H,28,29)(H,30,31). The van der Waals surface area contributed by atoms with E-state index in [0.29, 0.717) is 22.7 Å². The lowest BCUT2D eigenvalue weighted by molar-refractivity contribution is -0.148. The van der Waals surface area contributed by atoms with Gasteiger partial charge in [-0.3, -0.25) is 4.79 Å². The highest BCUT2D eigenvalue weighted by molar-refractivity contribution is 7.13. The second-order valence-electron chi connectivity index (χ2n) is 8.49. The maximum Gasteiger partial charge on any atom is 0.407 e. The molecule has 1 fully saturated rings. The van der Waals surface area contributed by atoms with Gasteiger partial charge in [0.15, 0.2) is 0 Å². The molecule has 2 aliphatic carbocycles. The first-order valence-electron chi connectivity index (χ1n) is 11.1. The lowest BCUT2D eigenvalue weighted by atomic mass is 9.77. The molecule has 0 aliphatic heterocycles. The highest BCUT2D eigenvalue weighted by Crippen LogP contribution is 2.44. The van der Waals surface area contributed by atoms with Crippen LogP contribution < -0.4 is 10.6 Å². The van der Waals surface area contributed by atoms with Crippen molar-refractivity contribution in [2.24, 2.45) is 0 Å². The highest BCUT2D eigenvalue weighted by Gasteiger charge is 2.46. The van der Waals surface area contributed by atoms with E-state index in [1.165, 1.54) is 6.20 Å². The van der Waals surface area contributed by atoms with Crippen LogP contribution in [-0.4, -0.2) is 40.2 Å². The molecule has 0 atom stereocenters. The van der Waals surface area contributed by atoms with Crippen LogP contribution in [0.5, 0.6) is 0 Å². The summed E-state index contributed by atoms with van der Waals surface area (Å²) in [5, 5.41) is 15.2. The highest BCUT2D eigenvalue weighted by atomic mass is 32.1. The van der Waals surface area contributed by atoms with E-state index >= 15 is 0 Å². The number of carboxylic acids is 1. The number of thiazole rings is 1. The molecule has 0 bridgehead atoms. The average Bonchev–Trinajstić information content (AvgIpc) is 3.41. The zero-order chi connectivity index (χ0) is 23.7. The summed E-state index contributed by atoms with van der Waals surface area (Å²) >= 11 is 1.11. The number of carbonyl (C=O) groups excluding carboxylic acids is 2. The van der Waals surface area contributed by atoms with E-state index in [9.17, 15) is 19.5 Å². The predicted octanol–water partition coefficient (Wildman–Crippen LogP) is 3.92. The number of amides is 2. The van der Waals surface area contributed by atoms with Crippen molar-refractivity contribution in [2.75, 3.05) is 6.61 Å². The third-order valence-electron chi connectivity index (χ3n) is 6.47. The van der Waals surface area contributed by atoms with E-state index in [4.69, 9.17) is 4.74 Å². The minimum atomic E-state index is -1.18. The van der Waals surface area contributed by atoms with Gasteiger partial charge < -0.3 is 20.5 Å². The minimum Gasteiger partial charge on any atom is -0.480 e. The molecule has 3 N–H and O–H groups in total. The lowest BCUT2D eigenvalue weighted by Gasteiger charge is -2.37. The summed E-state index contributed by atoms with van der Waals surface area (Å²) in [4.78, 5) is 40.7. The van der Waals surface area contributed by atoms with Crippen LogP contribution in [0.15, 0.2) is 54.7 Å². The minimum absolute atomic E-state index is 0.0265. The van der Waals surface area contributed by atoms with Gasteiger partial charge in [0.1, 0.15) is 22.0 Å². The van der Waals surface area contributed by atoms with Crippen molar-refractivity contribution in [1.29, 1.82) is 0 Å². The van der Waals surface area contributed by atoms with Gasteiger partial charge >= 0.3 is 12.1 Å². The normalized spacial score (nSPS) is 15.5. The van der Waals surface area contributed by atoms with Crippen LogP contribution in [0, 0.1) is 0 Å². The number of ether oxygens (including phenoxy) is 1. The van der Waals surface area contributed by atoms with Gasteiger partial charge in [0, 0.05) is 5.92 Å². The van der Waals surface area contributed by atoms with Gasteiger partial charge in [-0.1, -0.05) is 48.5 Å². The number of carboxylic acid groups (broad SMARTS) is 1. The first-order chi connectivity index (χ1) is 16.5. The summed E-state index contributed by atoms with van der Waals surface area (Å²) in [7, 11) is 0. The molecular weight excluding hydrogens is 454 g/mol. The topological polar surface area (TPSA) is 118 Å². The van der Waals surface area contributed by atoms with Crippen molar-refractivity contribution >= 4 is 29.3 Å². The van der Waals surface area contributed by atoms with Crippen LogP contribution in [-0.2, 0) is 16.1 Å². The Morgan fingerprint density at radius 1 is 1.06 bits per heavy atom. The predicted molar refractivity (Wildman–Crippen MR) is 126 cm³/mol. The Morgan fingerprint density at radius 3 is 2.29 bits per heavy atom. The number of rotatable bonds is 7. The van der Waals surface area contributed by atoms with E-state index in [1.54, 1.807) is 0 Å². The third kappa shape index (κ3) is 4.03. The largest absolute Gasteiger partial charge is 0.480 e. The number of nitrogens with zero attached hydrogens (tertiary/aromatic N) is 1. The monoisotopic (exact) mass is 477 g/mol. The second-order valence-corrected chi connectivity index (χ2v) is 9.61. The Hall–Kier alpha value is -3.72. The molecule has 2 aliphatic rings. The molecule has 0 spiro atoms. The molecule has 5 rings (SSSR count). The van der Waals surface area contributed by atoms with E-state index < -0.39 is 23.5 Å². The molecule has 2 amide bonds. The van der Waals surface area contributed by atoms with Crippen molar-refractivity contribution in [3.63, 3.8) is 0 Å². The third-order valence-corrected chi connectivity index (χ3v) is 7.47. The first kappa shape index (κ1) is 22.1. The fourth-order valence-corrected chi connectivity index (χ4v) is 5.25. The Morgan fingerprint density at radius 2 is 1.71 bits per heavy atom. The number of nitrogens with one attached hydrogen (secondary N) is 2. The molecule has 174 valence electrons. The van der Waals surface area contributed by atoms with Gasteiger partial charge in [0.05, 0.1) is 12.7 Å². The van der Waals surface area contributed by atoms with Crippen LogP contribution in [0.1, 0.15) is 51.0 Å². The average molecular weight is 478 g/mol. The quantitative estimate of drug-likeness (QED) is 0.475. The number of carbonyl (C=O) groups is 3. The summed E-state index contributed by atoms with van der Waals surface area (Å²) in [5.41, 5.74) is 3.41. The molecule has 1 heterocycles. The fraction of sp³-hybridized carbons (Fsp3) is 0.280. The first-order valence-corrected chi connectivity index (χ1v) is 11.9. The molecular formula is C25H23N3O5S. The van der Waals surface area contributed by atoms with E-state index in [-0.39, 0.29) is 19.1 Å². The number of aromatic nitrogens is 1. The Kier molecular flexibility index (Phi) is 5.79. The number of fused-ring (bicyclic) bond motifs is 3. The molecule has 3 aromatic rings. The lowest BCUT2D eigenvalue weighted by Crippen LogP contribution is -2.59. The van der Waals surface area contributed by atoms with Gasteiger partial charge in [0.25, 0.3) is 5.91 Å². The van der Waals surface area contributed by atoms with Crippen molar-refractivity contribution in [2.45, 2.75) is 37.3 Å². The number of hydrogen-bond donors (Lipinski definition) is 3. The molecule has 0 saturated heterocycles. The van der Waals surface area contributed by atoms with Crippen molar-refractivity contribution in [3.8, 4) is 11.1 Å². The van der Waals surface area contributed by atoms with E-state index in [2.05, 4.69) is 39.9 Å². The van der Waals surface area contributed by atoms with Crippen LogP contribution in [0.25, 0.3) is 11.1 Å². The van der Waals surface area contributed by atoms with Gasteiger partial charge in [-0.25, -0.2) is 14.6 Å². The second kappa shape index (κ2) is 8.90. The molecule has 9 heteroatoms. The van der Waals surface area contributed by atoms with E-state index in [0.717, 1.165) is 40.0 Å².